The van der Waals surface area contributed by atoms with Crippen molar-refractivity contribution < 1.29 is 28.9 Å². The molecule has 2 heterocycles. The number of carbonyl (C=O) groups is 2. The van der Waals surface area contributed by atoms with E-state index in [1.807, 2.05) is 12.1 Å². The molecule has 39 heavy (non-hydrogen) atoms. The van der Waals surface area contributed by atoms with Crippen LogP contribution in [-0.2, 0) is 26.5 Å². The number of benzene rings is 2. The summed E-state index contributed by atoms with van der Waals surface area (Å²) in [6, 6.07) is 16.3. The summed E-state index contributed by atoms with van der Waals surface area (Å²) in [5.74, 6) is -1.40. The highest BCUT2D eigenvalue weighted by molar-refractivity contribution is 5.89. The second kappa shape index (κ2) is 11.2. The van der Waals surface area contributed by atoms with Gasteiger partial charge < -0.3 is 19.8 Å². The predicted octanol–water partition coefficient (Wildman–Crippen LogP) is 4.15. The Labute approximate surface area is 226 Å². The van der Waals surface area contributed by atoms with Crippen molar-refractivity contribution in [2.24, 2.45) is 11.8 Å². The number of piperazine rings is 1. The molecule has 8 nitrogen and oxygen atoms in total. The monoisotopic (exact) mass is 533 g/mol. The molecule has 0 unspecified atom stereocenters. The normalized spacial score (nSPS) is 27.6. The lowest BCUT2D eigenvalue weighted by molar-refractivity contribution is -0.134. The number of ether oxygens (including phenoxy) is 1. The van der Waals surface area contributed by atoms with E-state index in [2.05, 4.69) is 34.1 Å². The average molecular weight is 534 g/mol. The van der Waals surface area contributed by atoms with Crippen molar-refractivity contribution in [1.29, 1.82) is 5.26 Å². The molecular formula is C30H32FN3O5. The van der Waals surface area contributed by atoms with Gasteiger partial charge in [0.25, 0.3) is 0 Å². The number of nitrogens with zero attached hydrogens (tertiary/aromatic N) is 3. The summed E-state index contributed by atoms with van der Waals surface area (Å²) < 4.78 is 20.4. The zero-order chi connectivity index (χ0) is 27.6. The quantitative estimate of drug-likeness (QED) is 0.564. The van der Waals surface area contributed by atoms with E-state index < -0.39 is 17.8 Å². The van der Waals surface area contributed by atoms with Crippen molar-refractivity contribution in [3.63, 3.8) is 0 Å². The Bertz CT molecular complexity index is 1280. The van der Waals surface area contributed by atoms with E-state index in [0.717, 1.165) is 50.3 Å². The Balaban J connectivity index is 0.000000339. The second-order valence-electron chi connectivity index (χ2n) is 10.8. The summed E-state index contributed by atoms with van der Waals surface area (Å²) in [4.78, 5) is 24.0. The van der Waals surface area contributed by atoms with Gasteiger partial charge in [0.05, 0.1) is 17.8 Å². The maximum absolute atomic E-state index is 14.0. The van der Waals surface area contributed by atoms with E-state index in [0.29, 0.717) is 18.2 Å². The van der Waals surface area contributed by atoms with Crippen LogP contribution >= 0.6 is 0 Å². The lowest BCUT2D eigenvalue weighted by Gasteiger charge is -2.39. The van der Waals surface area contributed by atoms with Crippen molar-refractivity contribution >= 4 is 17.6 Å². The molecule has 4 aliphatic rings. The molecule has 0 bridgehead atoms. The Morgan fingerprint density at radius 3 is 2.23 bits per heavy atom. The van der Waals surface area contributed by atoms with E-state index in [-0.39, 0.29) is 11.2 Å². The second-order valence-corrected chi connectivity index (χ2v) is 10.8. The molecule has 2 N–H and O–H groups in total. The Kier molecular flexibility index (Phi) is 7.69. The minimum atomic E-state index is -1.26. The lowest BCUT2D eigenvalue weighted by Crippen LogP contribution is -2.50. The maximum Gasteiger partial charge on any atom is 0.328 e. The van der Waals surface area contributed by atoms with Crippen LogP contribution in [0.15, 0.2) is 54.6 Å². The highest BCUT2D eigenvalue weighted by atomic mass is 19.1. The van der Waals surface area contributed by atoms with E-state index in [9.17, 15) is 14.0 Å². The lowest BCUT2D eigenvalue weighted by atomic mass is 9.88. The van der Waals surface area contributed by atoms with E-state index in [4.69, 9.17) is 20.2 Å². The van der Waals surface area contributed by atoms with Crippen LogP contribution in [0.4, 0.5) is 10.1 Å². The first-order valence-corrected chi connectivity index (χ1v) is 13.3. The standard InChI is InChI=1S/C26H28FN3O.C4H4O4/c27-25-13-22(6-5-18(25)16-28)29-7-9-30(10-8-29)23-11-20-14-26(15-21(20)12-23)24-4-2-1-3-19(24)17-31-26;5-3(6)1-2-4(7)8/h1-6,13,20-21,23H,7-12,14-15,17H2;1-2H,(H,5,6)(H,7,8)/b;2-1-/t20-,21+,23-,26+;. The van der Waals surface area contributed by atoms with Crippen LogP contribution in [0.3, 0.4) is 0 Å². The van der Waals surface area contributed by atoms with Crippen molar-refractivity contribution in [3.8, 4) is 6.07 Å². The number of aliphatic carboxylic acids is 2. The van der Waals surface area contributed by atoms with Gasteiger partial charge in [-0.3, -0.25) is 4.90 Å². The molecule has 204 valence electrons. The first-order valence-electron chi connectivity index (χ1n) is 13.3. The SMILES string of the molecule is N#Cc1ccc(N2CCN([C@@H]3C[C@@H]4C[C@@]5(C[C@@H]4C3)OCc3ccccc35)CC2)cc1F.O=C(O)/C=C\C(=O)O. The van der Waals surface area contributed by atoms with Gasteiger partial charge in [0.1, 0.15) is 11.9 Å². The molecule has 9 heteroatoms. The average Bonchev–Trinajstić information content (AvgIpc) is 3.60. The molecule has 2 aromatic carbocycles. The Hall–Kier alpha value is -3.74. The van der Waals surface area contributed by atoms with Crippen LogP contribution in [0.1, 0.15) is 42.4 Å². The molecule has 1 saturated heterocycles. The zero-order valence-corrected chi connectivity index (χ0v) is 21.6. The summed E-state index contributed by atoms with van der Waals surface area (Å²) >= 11 is 0. The fraction of sp³-hybridized carbons (Fsp3) is 0.433. The molecule has 2 saturated carbocycles. The highest BCUT2D eigenvalue weighted by Crippen LogP contribution is 2.58. The van der Waals surface area contributed by atoms with Crippen molar-refractivity contribution in [2.75, 3.05) is 31.1 Å². The number of hydrogen-bond donors (Lipinski definition) is 2. The third kappa shape index (κ3) is 5.68. The molecule has 0 amide bonds. The predicted molar refractivity (Wildman–Crippen MR) is 141 cm³/mol. The summed E-state index contributed by atoms with van der Waals surface area (Å²) in [5.41, 5.74) is 3.82. The molecular weight excluding hydrogens is 501 g/mol. The van der Waals surface area contributed by atoms with Gasteiger partial charge in [-0.25, -0.2) is 14.0 Å². The molecule has 2 aromatic rings. The Morgan fingerprint density at radius 2 is 1.64 bits per heavy atom. The van der Waals surface area contributed by atoms with Gasteiger partial charge in [-0.15, -0.1) is 0 Å². The van der Waals surface area contributed by atoms with Gasteiger partial charge >= 0.3 is 11.9 Å². The van der Waals surface area contributed by atoms with Crippen LogP contribution < -0.4 is 4.90 Å². The topological polar surface area (TPSA) is 114 Å². The van der Waals surface area contributed by atoms with Gasteiger partial charge in [0, 0.05) is 50.1 Å². The van der Waals surface area contributed by atoms with Crippen LogP contribution in [0, 0.1) is 29.0 Å². The summed E-state index contributed by atoms with van der Waals surface area (Å²) in [6.07, 6.45) is 6.03. The minimum absolute atomic E-state index is 0.0186. The summed E-state index contributed by atoms with van der Waals surface area (Å²) in [6.45, 7) is 4.65. The zero-order valence-electron chi connectivity index (χ0n) is 21.6. The number of nitriles is 1. The van der Waals surface area contributed by atoms with Crippen LogP contribution in [0.25, 0.3) is 0 Å². The van der Waals surface area contributed by atoms with Gasteiger partial charge in [0.15, 0.2) is 0 Å². The molecule has 1 spiro atoms. The Morgan fingerprint density at radius 1 is 1.00 bits per heavy atom. The van der Waals surface area contributed by atoms with E-state index >= 15 is 0 Å². The molecule has 2 aliphatic heterocycles. The third-order valence-corrected chi connectivity index (χ3v) is 8.65. The molecule has 3 fully saturated rings. The minimum Gasteiger partial charge on any atom is -0.478 e. The van der Waals surface area contributed by atoms with Gasteiger partial charge in [-0.2, -0.15) is 5.26 Å². The van der Waals surface area contributed by atoms with Crippen LogP contribution in [0.2, 0.25) is 0 Å². The number of anilines is 1. The van der Waals surface area contributed by atoms with E-state index in [1.54, 1.807) is 6.07 Å². The van der Waals surface area contributed by atoms with Crippen LogP contribution in [0.5, 0.6) is 0 Å². The first-order chi connectivity index (χ1) is 18.8. The smallest absolute Gasteiger partial charge is 0.328 e. The van der Waals surface area contributed by atoms with Crippen molar-refractivity contribution in [3.05, 3.63) is 77.1 Å². The van der Waals surface area contributed by atoms with Gasteiger partial charge in [0.2, 0.25) is 0 Å². The number of rotatable bonds is 4. The summed E-state index contributed by atoms with van der Waals surface area (Å²) in [7, 11) is 0. The first kappa shape index (κ1) is 26.9. The summed E-state index contributed by atoms with van der Waals surface area (Å²) in [5, 5.41) is 24.6. The number of fused-ring (bicyclic) bond motifs is 3. The van der Waals surface area contributed by atoms with Crippen molar-refractivity contribution in [1.82, 2.24) is 4.90 Å². The molecule has 4 atom stereocenters. The molecule has 6 rings (SSSR count). The number of halogens is 1. The van der Waals surface area contributed by atoms with Crippen LogP contribution in [-0.4, -0.2) is 59.3 Å². The van der Waals surface area contributed by atoms with Gasteiger partial charge in [-0.05, 0) is 66.8 Å². The fourth-order valence-corrected chi connectivity index (χ4v) is 6.91. The molecule has 0 radical (unpaired) electrons. The third-order valence-electron chi connectivity index (χ3n) is 8.65. The number of carboxylic acid groups (broad SMARTS) is 2. The van der Waals surface area contributed by atoms with Crippen molar-refractivity contribution in [2.45, 2.75) is 43.9 Å². The maximum atomic E-state index is 14.0. The van der Waals surface area contributed by atoms with E-state index in [1.165, 1.54) is 42.9 Å². The van der Waals surface area contributed by atoms with Gasteiger partial charge in [-0.1, -0.05) is 24.3 Å². The molecule has 0 aromatic heterocycles. The fourth-order valence-electron chi connectivity index (χ4n) is 6.91. The molecule has 2 aliphatic carbocycles. The number of hydrogen-bond acceptors (Lipinski definition) is 6. The number of carboxylic acids is 2. The largest absolute Gasteiger partial charge is 0.478 e. The highest BCUT2D eigenvalue weighted by Gasteiger charge is 2.54.